The Balaban J connectivity index is 2.93. The van der Waals surface area contributed by atoms with E-state index >= 15 is 0 Å². The third kappa shape index (κ3) is 3.69. The van der Waals surface area contributed by atoms with E-state index in [0.29, 0.717) is 5.69 Å². The summed E-state index contributed by atoms with van der Waals surface area (Å²) >= 11 is 0. The molecule has 0 fully saturated rings. The molecule has 0 saturated carbocycles. The Bertz CT molecular complexity index is 536. The van der Waals surface area contributed by atoms with Crippen molar-refractivity contribution in [1.82, 2.24) is 0 Å². The molecule has 0 spiro atoms. The predicted octanol–water partition coefficient (Wildman–Crippen LogP) is 0.893. The summed E-state index contributed by atoms with van der Waals surface area (Å²) in [7, 11) is 1.34. The second-order valence-corrected chi connectivity index (χ2v) is 3.65. The second-order valence-electron chi connectivity index (χ2n) is 3.65. The van der Waals surface area contributed by atoms with Crippen molar-refractivity contribution in [3.63, 3.8) is 0 Å². The van der Waals surface area contributed by atoms with Crippen LogP contribution in [0.1, 0.15) is 6.42 Å². The van der Waals surface area contributed by atoms with E-state index in [1.165, 1.54) is 25.3 Å². The van der Waals surface area contributed by atoms with Crippen molar-refractivity contribution in [1.29, 1.82) is 0 Å². The van der Waals surface area contributed by atoms with Crippen molar-refractivity contribution in [2.24, 2.45) is 5.73 Å². The molecule has 1 aromatic rings. The molecule has 1 atom stereocenters. The quantitative estimate of drug-likeness (QED) is 0.466. The van der Waals surface area contributed by atoms with Crippen LogP contribution in [0.15, 0.2) is 18.2 Å². The number of nitro benzene ring substituents is 1. The van der Waals surface area contributed by atoms with Crippen molar-refractivity contribution in [3.8, 4) is 18.1 Å². The SMILES string of the molecule is C#CCC(N)C(=O)Nc1ccc([N+](=O)[O-])cc1OC. The summed E-state index contributed by atoms with van der Waals surface area (Å²) in [6.45, 7) is 0. The Kier molecular flexibility index (Phi) is 4.85. The van der Waals surface area contributed by atoms with Gasteiger partial charge in [-0.2, -0.15) is 0 Å². The van der Waals surface area contributed by atoms with Crippen LogP contribution in [0.2, 0.25) is 0 Å². The third-order valence-corrected chi connectivity index (χ3v) is 2.33. The van der Waals surface area contributed by atoms with Crippen LogP contribution in [0.5, 0.6) is 5.75 Å². The number of benzene rings is 1. The molecule has 1 amide bonds. The molecular formula is C12H13N3O4. The fraction of sp³-hybridized carbons (Fsp3) is 0.250. The molecule has 3 N–H and O–H groups in total. The summed E-state index contributed by atoms with van der Waals surface area (Å²) in [5.41, 5.74) is 5.70. The number of hydrogen-bond acceptors (Lipinski definition) is 5. The molecule has 0 heterocycles. The fourth-order valence-corrected chi connectivity index (χ4v) is 1.34. The van der Waals surface area contributed by atoms with E-state index in [2.05, 4.69) is 11.2 Å². The molecule has 7 heteroatoms. The number of carbonyl (C=O) groups is 1. The number of terminal acetylenes is 1. The van der Waals surface area contributed by atoms with E-state index in [4.69, 9.17) is 16.9 Å². The molecule has 1 rings (SSSR count). The molecule has 1 unspecified atom stereocenters. The molecule has 100 valence electrons. The maximum absolute atomic E-state index is 11.7. The highest BCUT2D eigenvalue weighted by Gasteiger charge is 2.16. The number of hydrogen-bond donors (Lipinski definition) is 2. The van der Waals surface area contributed by atoms with Crippen LogP contribution in [0.4, 0.5) is 11.4 Å². The number of ether oxygens (including phenoxy) is 1. The molecule has 0 aliphatic rings. The third-order valence-electron chi connectivity index (χ3n) is 2.33. The fourth-order valence-electron chi connectivity index (χ4n) is 1.34. The van der Waals surface area contributed by atoms with Gasteiger partial charge in [-0.1, -0.05) is 0 Å². The number of rotatable bonds is 5. The summed E-state index contributed by atoms with van der Waals surface area (Å²) < 4.78 is 4.98. The van der Waals surface area contributed by atoms with E-state index in [1.54, 1.807) is 0 Å². The van der Waals surface area contributed by atoms with Gasteiger partial charge in [0.15, 0.2) is 0 Å². The first kappa shape index (κ1) is 14.5. The van der Waals surface area contributed by atoms with Gasteiger partial charge < -0.3 is 15.8 Å². The minimum atomic E-state index is -0.843. The lowest BCUT2D eigenvalue weighted by molar-refractivity contribution is -0.384. The highest BCUT2D eigenvalue weighted by atomic mass is 16.6. The zero-order valence-electron chi connectivity index (χ0n) is 10.3. The van der Waals surface area contributed by atoms with Gasteiger partial charge in [0.05, 0.1) is 29.8 Å². The molecule has 1 aromatic carbocycles. The maximum Gasteiger partial charge on any atom is 0.273 e. The summed E-state index contributed by atoms with van der Waals surface area (Å²) in [6, 6.07) is 3.00. The van der Waals surface area contributed by atoms with Crippen LogP contribution in [-0.2, 0) is 4.79 Å². The Morgan fingerprint density at radius 1 is 1.68 bits per heavy atom. The molecule has 0 aromatic heterocycles. The van der Waals surface area contributed by atoms with Gasteiger partial charge in [0, 0.05) is 12.5 Å². The summed E-state index contributed by atoms with van der Waals surface area (Å²) in [5.74, 6) is 1.98. The van der Waals surface area contributed by atoms with Crippen LogP contribution in [0, 0.1) is 22.5 Å². The van der Waals surface area contributed by atoms with Gasteiger partial charge in [0.25, 0.3) is 5.69 Å². The highest BCUT2D eigenvalue weighted by molar-refractivity contribution is 5.96. The highest BCUT2D eigenvalue weighted by Crippen LogP contribution is 2.28. The molecule has 0 bridgehead atoms. The van der Waals surface area contributed by atoms with E-state index < -0.39 is 16.9 Å². The first-order valence-electron chi connectivity index (χ1n) is 5.32. The number of anilines is 1. The number of non-ortho nitro benzene ring substituents is 1. The Morgan fingerprint density at radius 2 is 2.37 bits per heavy atom. The number of nitrogens with two attached hydrogens (primary N) is 1. The minimum absolute atomic E-state index is 0.0983. The van der Waals surface area contributed by atoms with Gasteiger partial charge >= 0.3 is 0 Å². The van der Waals surface area contributed by atoms with E-state index in [0.717, 1.165) is 0 Å². The van der Waals surface area contributed by atoms with E-state index in [-0.39, 0.29) is 17.9 Å². The van der Waals surface area contributed by atoms with Gasteiger partial charge in [-0.3, -0.25) is 14.9 Å². The number of methoxy groups -OCH3 is 1. The van der Waals surface area contributed by atoms with Gasteiger partial charge in [-0.05, 0) is 6.07 Å². The summed E-state index contributed by atoms with van der Waals surface area (Å²) in [4.78, 5) is 21.7. The Morgan fingerprint density at radius 3 is 2.89 bits per heavy atom. The molecule has 7 nitrogen and oxygen atoms in total. The molecule has 0 aliphatic heterocycles. The number of nitrogens with one attached hydrogen (secondary N) is 1. The molecule has 0 radical (unpaired) electrons. The molecular weight excluding hydrogens is 250 g/mol. The van der Waals surface area contributed by atoms with Crippen LogP contribution >= 0.6 is 0 Å². The molecule has 0 saturated heterocycles. The predicted molar refractivity (Wildman–Crippen MR) is 69.7 cm³/mol. The van der Waals surface area contributed by atoms with Gasteiger partial charge in [-0.15, -0.1) is 12.3 Å². The summed E-state index contributed by atoms with van der Waals surface area (Å²) in [6.07, 6.45) is 5.16. The minimum Gasteiger partial charge on any atom is -0.494 e. The normalized spacial score (nSPS) is 11.2. The smallest absolute Gasteiger partial charge is 0.273 e. The lowest BCUT2D eigenvalue weighted by Crippen LogP contribution is -2.35. The van der Waals surface area contributed by atoms with Crippen molar-refractivity contribution in [2.75, 3.05) is 12.4 Å². The number of nitro groups is 1. The number of carbonyl (C=O) groups excluding carboxylic acids is 1. The number of nitrogens with zero attached hydrogens (tertiary/aromatic N) is 1. The lowest BCUT2D eigenvalue weighted by atomic mass is 10.2. The maximum atomic E-state index is 11.7. The zero-order chi connectivity index (χ0) is 14.4. The first-order chi connectivity index (χ1) is 8.99. The van der Waals surface area contributed by atoms with Crippen molar-refractivity contribution < 1.29 is 14.5 Å². The van der Waals surface area contributed by atoms with E-state index in [1.807, 2.05) is 0 Å². The van der Waals surface area contributed by atoms with Crippen LogP contribution in [-0.4, -0.2) is 24.0 Å². The Hall–Kier alpha value is -2.59. The first-order valence-corrected chi connectivity index (χ1v) is 5.32. The molecule has 0 aliphatic carbocycles. The van der Waals surface area contributed by atoms with Crippen molar-refractivity contribution >= 4 is 17.3 Å². The standard InChI is InChI=1S/C12H13N3O4/c1-3-4-9(13)12(16)14-10-6-5-8(15(17)18)7-11(10)19-2/h1,5-7,9H,4,13H2,2H3,(H,14,16). The number of amides is 1. The zero-order valence-corrected chi connectivity index (χ0v) is 10.3. The largest absolute Gasteiger partial charge is 0.494 e. The van der Waals surface area contributed by atoms with E-state index in [9.17, 15) is 14.9 Å². The monoisotopic (exact) mass is 263 g/mol. The van der Waals surface area contributed by atoms with Crippen LogP contribution in [0.25, 0.3) is 0 Å². The second kappa shape index (κ2) is 6.37. The van der Waals surface area contributed by atoms with Crippen molar-refractivity contribution in [2.45, 2.75) is 12.5 Å². The Labute approximate surface area is 109 Å². The average Bonchev–Trinajstić information content (AvgIpc) is 2.39. The van der Waals surface area contributed by atoms with Crippen LogP contribution in [0.3, 0.4) is 0 Å². The van der Waals surface area contributed by atoms with Crippen LogP contribution < -0.4 is 15.8 Å². The summed E-state index contributed by atoms with van der Waals surface area (Å²) in [5, 5.41) is 13.1. The van der Waals surface area contributed by atoms with Gasteiger partial charge in [0.1, 0.15) is 5.75 Å². The topological polar surface area (TPSA) is 107 Å². The molecule has 19 heavy (non-hydrogen) atoms. The van der Waals surface area contributed by atoms with Gasteiger partial charge in [-0.25, -0.2) is 0 Å². The average molecular weight is 263 g/mol. The van der Waals surface area contributed by atoms with Gasteiger partial charge in [0.2, 0.25) is 5.91 Å². The lowest BCUT2D eigenvalue weighted by Gasteiger charge is -2.12. The van der Waals surface area contributed by atoms with Crippen molar-refractivity contribution in [3.05, 3.63) is 28.3 Å².